The molecule has 0 aromatic heterocycles. The second-order valence-corrected chi connectivity index (χ2v) is 6.83. The first-order valence-corrected chi connectivity index (χ1v) is 8.89. The summed E-state index contributed by atoms with van der Waals surface area (Å²) in [7, 11) is 0. The van der Waals surface area contributed by atoms with Gasteiger partial charge in [0.05, 0.1) is 24.7 Å². The molecule has 25 heavy (non-hydrogen) atoms. The Kier molecular flexibility index (Phi) is 5.49. The van der Waals surface area contributed by atoms with Crippen LogP contribution < -0.4 is 14.8 Å². The van der Waals surface area contributed by atoms with Crippen LogP contribution in [-0.2, 0) is 11.2 Å². The zero-order valence-corrected chi connectivity index (χ0v) is 15.2. The van der Waals surface area contributed by atoms with E-state index in [-0.39, 0.29) is 12.3 Å². The molecule has 1 aliphatic heterocycles. The van der Waals surface area contributed by atoms with Crippen molar-refractivity contribution in [3.63, 3.8) is 0 Å². The van der Waals surface area contributed by atoms with E-state index in [1.54, 1.807) is 6.07 Å². The molecule has 0 unspecified atom stereocenters. The molecule has 1 amide bonds. The van der Waals surface area contributed by atoms with Gasteiger partial charge in [-0.25, -0.2) is 0 Å². The van der Waals surface area contributed by atoms with E-state index in [1.165, 1.54) is 0 Å². The number of carbonyl (C=O) groups excluding carboxylic acids is 1. The van der Waals surface area contributed by atoms with Crippen molar-refractivity contribution in [2.45, 2.75) is 32.6 Å². The molecular formula is C20H22ClNO3. The second-order valence-electron chi connectivity index (χ2n) is 6.42. The molecule has 0 fully saturated rings. The number of para-hydroxylation sites is 1. The van der Waals surface area contributed by atoms with Crippen LogP contribution >= 0.6 is 11.6 Å². The first-order valence-electron chi connectivity index (χ1n) is 8.51. The molecule has 0 saturated carbocycles. The third kappa shape index (κ3) is 4.26. The lowest BCUT2D eigenvalue weighted by Gasteiger charge is -2.14. The smallest absolute Gasteiger partial charge is 0.228 e. The van der Waals surface area contributed by atoms with Gasteiger partial charge in [0, 0.05) is 12.1 Å². The van der Waals surface area contributed by atoms with Gasteiger partial charge in [-0.05, 0) is 35.2 Å². The maximum Gasteiger partial charge on any atom is 0.228 e. The molecule has 0 aliphatic carbocycles. The summed E-state index contributed by atoms with van der Waals surface area (Å²) in [4.78, 5) is 12.5. The summed E-state index contributed by atoms with van der Waals surface area (Å²) in [6.45, 7) is 5.38. The third-order valence-electron chi connectivity index (χ3n) is 4.08. The maximum absolute atomic E-state index is 12.5. The lowest BCUT2D eigenvalue weighted by molar-refractivity contribution is -0.115. The van der Waals surface area contributed by atoms with Gasteiger partial charge in [0.15, 0.2) is 11.5 Å². The average molecular weight is 360 g/mol. The van der Waals surface area contributed by atoms with Gasteiger partial charge in [0.1, 0.15) is 0 Å². The highest BCUT2D eigenvalue weighted by atomic mass is 35.5. The van der Waals surface area contributed by atoms with E-state index < -0.39 is 0 Å². The fraction of sp³-hybridized carbons (Fsp3) is 0.350. The molecule has 0 spiro atoms. The van der Waals surface area contributed by atoms with Crippen LogP contribution in [0.4, 0.5) is 5.69 Å². The van der Waals surface area contributed by atoms with E-state index in [9.17, 15) is 4.79 Å². The average Bonchev–Trinajstić information content (AvgIpc) is 2.81. The molecule has 2 aromatic rings. The zero-order chi connectivity index (χ0) is 17.8. The van der Waals surface area contributed by atoms with E-state index in [1.807, 2.05) is 30.3 Å². The highest BCUT2D eigenvalue weighted by Gasteiger charge is 2.17. The summed E-state index contributed by atoms with van der Waals surface area (Å²) in [5.41, 5.74) is 2.77. The number of hydrogen-bond donors (Lipinski definition) is 1. The number of anilines is 1. The predicted octanol–water partition coefficient (Wildman–Crippen LogP) is 4.81. The molecule has 1 heterocycles. The number of benzene rings is 2. The van der Waals surface area contributed by atoms with E-state index in [0.29, 0.717) is 35.7 Å². The molecule has 1 aliphatic rings. The van der Waals surface area contributed by atoms with Gasteiger partial charge >= 0.3 is 0 Å². The van der Waals surface area contributed by atoms with Crippen LogP contribution in [0, 0.1) is 0 Å². The summed E-state index contributed by atoms with van der Waals surface area (Å²) in [5.74, 6) is 1.42. The molecule has 0 radical (unpaired) electrons. The van der Waals surface area contributed by atoms with Crippen molar-refractivity contribution in [1.82, 2.24) is 0 Å². The van der Waals surface area contributed by atoms with E-state index in [0.717, 1.165) is 23.2 Å². The Labute approximate surface area is 153 Å². The molecule has 4 nitrogen and oxygen atoms in total. The van der Waals surface area contributed by atoms with Gasteiger partial charge in [0.25, 0.3) is 0 Å². The lowest BCUT2D eigenvalue weighted by atomic mass is 10.0. The van der Waals surface area contributed by atoms with Gasteiger partial charge in [0.2, 0.25) is 5.91 Å². The topological polar surface area (TPSA) is 47.6 Å². The third-order valence-corrected chi connectivity index (χ3v) is 4.36. The van der Waals surface area contributed by atoms with Gasteiger partial charge in [-0.2, -0.15) is 0 Å². The minimum atomic E-state index is -0.0846. The van der Waals surface area contributed by atoms with Crippen LogP contribution in [0.25, 0.3) is 0 Å². The molecule has 0 saturated heterocycles. The van der Waals surface area contributed by atoms with Gasteiger partial charge < -0.3 is 14.8 Å². The minimum Gasteiger partial charge on any atom is -0.489 e. The monoisotopic (exact) mass is 359 g/mol. The number of carbonyl (C=O) groups is 1. The number of nitrogens with one attached hydrogen (secondary N) is 1. The summed E-state index contributed by atoms with van der Waals surface area (Å²) in [6.07, 6.45) is 1.04. The molecular weight excluding hydrogens is 338 g/mol. The zero-order valence-electron chi connectivity index (χ0n) is 14.5. The van der Waals surface area contributed by atoms with Crippen LogP contribution in [0.2, 0.25) is 5.02 Å². The fourth-order valence-corrected chi connectivity index (χ4v) is 3.17. The largest absolute Gasteiger partial charge is 0.489 e. The Bertz CT molecular complexity index is 774. The molecule has 2 aromatic carbocycles. The number of ether oxygens (including phenoxy) is 2. The van der Waals surface area contributed by atoms with E-state index in [4.69, 9.17) is 21.1 Å². The Morgan fingerprint density at radius 2 is 1.96 bits per heavy atom. The SMILES string of the molecule is CC(C)c1ccccc1NC(=O)Cc1cc(Cl)c2c(c1)OCCCO2. The number of amides is 1. The highest BCUT2D eigenvalue weighted by Crippen LogP contribution is 2.38. The minimum absolute atomic E-state index is 0.0846. The second kappa shape index (κ2) is 7.79. The predicted molar refractivity (Wildman–Crippen MR) is 99.9 cm³/mol. The quantitative estimate of drug-likeness (QED) is 0.852. The molecule has 132 valence electrons. The molecule has 1 N–H and O–H groups in total. The Balaban J connectivity index is 1.76. The van der Waals surface area contributed by atoms with Gasteiger partial charge in [-0.15, -0.1) is 0 Å². The van der Waals surface area contributed by atoms with Crippen LogP contribution in [0.15, 0.2) is 36.4 Å². The first-order chi connectivity index (χ1) is 12.0. The van der Waals surface area contributed by atoms with Crippen molar-refractivity contribution >= 4 is 23.2 Å². The molecule has 0 atom stereocenters. The van der Waals surface area contributed by atoms with Crippen LogP contribution in [-0.4, -0.2) is 19.1 Å². The first kappa shape index (κ1) is 17.6. The van der Waals surface area contributed by atoms with Crippen LogP contribution in [0.5, 0.6) is 11.5 Å². The Morgan fingerprint density at radius 3 is 2.76 bits per heavy atom. The summed E-state index contributed by atoms with van der Waals surface area (Å²) < 4.78 is 11.3. The fourth-order valence-electron chi connectivity index (χ4n) is 2.88. The van der Waals surface area contributed by atoms with Crippen LogP contribution in [0.1, 0.15) is 37.3 Å². The Morgan fingerprint density at radius 1 is 1.20 bits per heavy atom. The number of fused-ring (bicyclic) bond motifs is 1. The van der Waals surface area contributed by atoms with E-state index >= 15 is 0 Å². The molecule has 3 rings (SSSR count). The van der Waals surface area contributed by atoms with Crippen molar-refractivity contribution in [2.75, 3.05) is 18.5 Å². The normalized spacial score (nSPS) is 13.4. The molecule has 0 bridgehead atoms. The standard InChI is InChI=1S/C20H22ClNO3/c1-13(2)15-6-3-4-7-17(15)22-19(23)12-14-10-16(21)20-18(11-14)24-8-5-9-25-20/h3-4,6-7,10-11,13H,5,8-9,12H2,1-2H3,(H,22,23). The van der Waals surface area contributed by atoms with Crippen molar-refractivity contribution in [1.29, 1.82) is 0 Å². The summed E-state index contributed by atoms with van der Waals surface area (Å²) in [6, 6.07) is 11.5. The van der Waals surface area contributed by atoms with Crippen molar-refractivity contribution < 1.29 is 14.3 Å². The van der Waals surface area contributed by atoms with Gasteiger partial charge in [-0.1, -0.05) is 43.6 Å². The number of halogens is 1. The summed E-state index contributed by atoms with van der Waals surface area (Å²) in [5, 5.41) is 3.47. The van der Waals surface area contributed by atoms with Gasteiger partial charge in [-0.3, -0.25) is 4.79 Å². The van der Waals surface area contributed by atoms with Crippen LogP contribution in [0.3, 0.4) is 0 Å². The molecule has 5 heteroatoms. The number of rotatable bonds is 4. The Hall–Kier alpha value is -2.20. The van der Waals surface area contributed by atoms with Crippen molar-refractivity contribution in [3.8, 4) is 11.5 Å². The van der Waals surface area contributed by atoms with Crippen molar-refractivity contribution in [3.05, 3.63) is 52.5 Å². The highest BCUT2D eigenvalue weighted by molar-refractivity contribution is 6.32. The summed E-state index contributed by atoms with van der Waals surface area (Å²) >= 11 is 6.29. The lowest BCUT2D eigenvalue weighted by Crippen LogP contribution is -2.16. The van der Waals surface area contributed by atoms with E-state index in [2.05, 4.69) is 19.2 Å². The maximum atomic E-state index is 12.5. The van der Waals surface area contributed by atoms with Crippen molar-refractivity contribution in [2.24, 2.45) is 0 Å². The number of hydrogen-bond acceptors (Lipinski definition) is 3.